The smallest absolute Gasteiger partial charge is 0.358 e. The fourth-order valence-corrected chi connectivity index (χ4v) is 1.95. The second kappa shape index (κ2) is 5.67. The number of carbonyl (C=O) groups excluding carboxylic acids is 1. The predicted molar refractivity (Wildman–Crippen MR) is 71.9 cm³/mol. The minimum Gasteiger partial charge on any atom is -0.461 e. The molecule has 0 aliphatic carbocycles. The first-order valence-corrected chi connectivity index (χ1v) is 6.36. The summed E-state index contributed by atoms with van der Waals surface area (Å²) in [5, 5.41) is 9.11. The van der Waals surface area contributed by atoms with Gasteiger partial charge in [0.1, 0.15) is 12.4 Å². The number of aromatic nitrogens is 2. The molecule has 1 heterocycles. The van der Waals surface area contributed by atoms with E-state index in [0.29, 0.717) is 17.9 Å². The molecule has 0 bridgehead atoms. The number of rotatable bonds is 3. The van der Waals surface area contributed by atoms with E-state index >= 15 is 0 Å². The van der Waals surface area contributed by atoms with Crippen molar-refractivity contribution in [2.75, 3.05) is 6.61 Å². The van der Waals surface area contributed by atoms with Crippen LogP contribution in [0, 0.1) is 11.3 Å². The van der Waals surface area contributed by atoms with Gasteiger partial charge in [0.2, 0.25) is 0 Å². The molecule has 1 aromatic heterocycles. The Kier molecular flexibility index (Phi) is 3.97. The summed E-state index contributed by atoms with van der Waals surface area (Å²) in [6.07, 6.45) is 3.03. The molecule has 2 aromatic rings. The molecule has 2 rings (SSSR count). The molecule has 0 aliphatic rings. The van der Waals surface area contributed by atoms with Crippen LogP contribution in [0.25, 0.3) is 5.69 Å². The van der Waals surface area contributed by atoms with Crippen LogP contribution in [0.1, 0.15) is 23.0 Å². The SMILES string of the molecule is CCOC(=O)c1cn(-c2ccc(Br)cc2C#N)cn1. The first kappa shape index (κ1) is 13.3. The molecule has 0 unspecified atom stereocenters. The second-order valence-corrected chi connectivity index (χ2v) is 4.58. The van der Waals surface area contributed by atoms with Crippen molar-refractivity contribution >= 4 is 21.9 Å². The number of imidazole rings is 1. The number of esters is 1. The number of halogens is 1. The van der Waals surface area contributed by atoms with Crippen LogP contribution in [-0.2, 0) is 4.74 Å². The standard InChI is InChI=1S/C13H10BrN3O2/c1-2-19-13(18)11-7-17(8-16-11)12-4-3-10(14)5-9(12)6-15/h3-5,7-8H,2H2,1H3. The number of hydrogen-bond acceptors (Lipinski definition) is 4. The number of nitriles is 1. The zero-order valence-electron chi connectivity index (χ0n) is 10.1. The number of nitrogens with zero attached hydrogens (tertiary/aromatic N) is 3. The number of ether oxygens (including phenoxy) is 1. The molecule has 0 saturated carbocycles. The lowest BCUT2D eigenvalue weighted by Crippen LogP contribution is -2.04. The minimum atomic E-state index is -0.475. The Morgan fingerprint density at radius 2 is 2.37 bits per heavy atom. The Bertz CT molecular complexity index is 658. The van der Waals surface area contributed by atoms with Gasteiger partial charge in [0.15, 0.2) is 5.69 Å². The Labute approximate surface area is 118 Å². The second-order valence-electron chi connectivity index (χ2n) is 3.66. The van der Waals surface area contributed by atoms with Gasteiger partial charge in [-0.2, -0.15) is 5.26 Å². The molecule has 0 spiro atoms. The summed E-state index contributed by atoms with van der Waals surface area (Å²) in [6.45, 7) is 2.03. The largest absolute Gasteiger partial charge is 0.461 e. The first-order valence-electron chi connectivity index (χ1n) is 5.57. The molecule has 1 aromatic carbocycles. The van der Waals surface area contributed by atoms with Crippen LogP contribution >= 0.6 is 15.9 Å². The summed E-state index contributed by atoms with van der Waals surface area (Å²) in [4.78, 5) is 15.5. The molecule has 0 radical (unpaired) electrons. The molecular formula is C13H10BrN3O2. The van der Waals surface area contributed by atoms with Crippen LogP contribution in [0.15, 0.2) is 35.2 Å². The zero-order chi connectivity index (χ0) is 13.8. The highest BCUT2D eigenvalue weighted by Gasteiger charge is 2.12. The van der Waals surface area contributed by atoms with Crippen LogP contribution < -0.4 is 0 Å². The molecule has 0 N–H and O–H groups in total. The topological polar surface area (TPSA) is 67.9 Å². The number of hydrogen-bond donors (Lipinski definition) is 0. The maximum Gasteiger partial charge on any atom is 0.358 e. The first-order chi connectivity index (χ1) is 9.15. The van der Waals surface area contributed by atoms with Crippen molar-refractivity contribution in [3.63, 3.8) is 0 Å². The van der Waals surface area contributed by atoms with Gasteiger partial charge in [-0.15, -0.1) is 0 Å². The quantitative estimate of drug-likeness (QED) is 0.816. The summed E-state index contributed by atoms with van der Waals surface area (Å²) in [5.41, 5.74) is 1.37. The van der Waals surface area contributed by atoms with Crippen molar-refractivity contribution in [1.29, 1.82) is 5.26 Å². The normalized spacial score (nSPS) is 9.95. The van der Waals surface area contributed by atoms with E-state index in [9.17, 15) is 4.79 Å². The minimum absolute atomic E-state index is 0.216. The fourth-order valence-electron chi connectivity index (χ4n) is 1.59. The highest BCUT2D eigenvalue weighted by Crippen LogP contribution is 2.19. The lowest BCUT2D eigenvalue weighted by atomic mass is 10.2. The van der Waals surface area contributed by atoms with Crippen molar-refractivity contribution in [2.45, 2.75) is 6.92 Å². The molecule has 0 atom stereocenters. The molecule has 6 heteroatoms. The summed E-state index contributed by atoms with van der Waals surface area (Å²) in [5.74, 6) is -0.475. The summed E-state index contributed by atoms with van der Waals surface area (Å²) in [7, 11) is 0. The predicted octanol–water partition coefficient (Wildman–Crippen LogP) is 2.68. The highest BCUT2D eigenvalue weighted by molar-refractivity contribution is 9.10. The fraction of sp³-hybridized carbons (Fsp3) is 0.154. The monoisotopic (exact) mass is 319 g/mol. The van der Waals surface area contributed by atoms with Crippen LogP contribution in [0.2, 0.25) is 0 Å². The lowest BCUT2D eigenvalue weighted by molar-refractivity contribution is 0.0520. The van der Waals surface area contributed by atoms with Crippen molar-refractivity contribution < 1.29 is 9.53 Å². The van der Waals surface area contributed by atoms with Crippen LogP contribution in [0.3, 0.4) is 0 Å². The van der Waals surface area contributed by atoms with Crippen LogP contribution in [0.4, 0.5) is 0 Å². The van der Waals surface area contributed by atoms with E-state index in [1.807, 2.05) is 6.07 Å². The Hall–Kier alpha value is -2.13. The van der Waals surface area contributed by atoms with Gasteiger partial charge in [-0.1, -0.05) is 15.9 Å². The number of carbonyl (C=O) groups is 1. The van der Waals surface area contributed by atoms with Gasteiger partial charge in [0.05, 0.1) is 17.9 Å². The van der Waals surface area contributed by atoms with Gasteiger partial charge in [-0.25, -0.2) is 9.78 Å². The van der Waals surface area contributed by atoms with E-state index < -0.39 is 5.97 Å². The van der Waals surface area contributed by atoms with E-state index in [1.54, 1.807) is 29.8 Å². The molecule has 0 amide bonds. The third kappa shape index (κ3) is 2.83. The van der Waals surface area contributed by atoms with E-state index in [4.69, 9.17) is 10.00 Å². The van der Waals surface area contributed by atoms with Gasteiger partial charge >= 0.3 is 5.97 Å². The molecule has 5 nitrogen and oxygen atoms in total. The van der Waals surface area contributed by atoms with Crippen molar-refractivity contribution in [3.8, 4) is 11.8 Å². The maximum atomic E-state index is 11.5. The van der Waals surface area contributed by atoms with E-state index in [1.165, 1.54) is 6.33 Å². The average molecular weight is 320 g/mol. The van der Waals surface area contributed by atoms with E-state index in [0.717, 1.165) is 4.47 Å². The summed E-state index contributed by atoms with van der Waals surface area (Å²) >= 11 is 3.31. The average Bonchev–Trinajstić information content (AvgIpc) is 2.88. The van der Waals surface area contributed by atoms with Crippen molar-refractivity contribution in [3.05, 3.63) is 46.5 Å². The van der Waals surface area contributed by atoms with Gasteiger partial charge in [-0.05, 0) is 25.1 Å². The molecular weight excluding hydrogens is 310 g/mol. The van der Waals surface area contributed by atoms with E-state index in [-0.39, 0.29) is 5.69 Å². The van der Waals surface area contributed by atoms with Gasteiger partial charge in [-0.3, -0.25) is 0 Å². The van der Waals surface area contributed by atoms with Crippen molar-refractivity contribution in [2.24, 2.45) is 0 Å². The number of benzene rings is 1. The Morgan fingerprint density at radius 3 is 3.05 bits per heavy atom. The summed E-state index contributed by atoms with van der Waals surface area (Å²) < 4.78 is 7.31. The van der Waals surface area contributed by atoms with Crippen molar-refractivity contribution in [1.82, 2.24) is 9.55 Å². The molecule has 0 fully saturated rings. The lowest BCUT2D eigenvalue weighted by Gasteiger charge is -2.04. The van der Waals surface area contributed by atoms with E-state index in [2.05, 4.69) is 27.0 Å². The zero-order valence-corrected chi connectivity index (χ0v) is 11.7. The van der Waals surface area contributed by atoms with Crippen LogP contribution in [0.5, 0.6) is 0 Å². The van der Waals surface area contributed by atoms with Gasteiger partial charge in [0, 0.05) is 10.7 Å². The maximum absolute atomic E-state index is 11.5. The molecule has 0 saturated heterocycles. The van der Waals surface area contributed by atoms with Gasteiger partial charge in [0.25, 0.3) is 0 Å². The van der Waals surface area contributed by atoms with Gasteiger partial charge < -0.3 is 9.30 Å². The Balaban J connectivity index is 2.39. The third-order valence-electron chi connectivity index (χ3n) is 2.42. The highest BCUT2D eigenvalue weighted by atomic mass is 79.9. The molecule has 0 aliphatic heterocycles. The van der Waals surface area contributed by atoms with Crippen LogP contribution in [-0.4, -0.2) is 22.1 Å². The molecule has 19 heavy (non-hydrogen) atoms. The molecule has 96 valence electrons. The third-order valence-corrected chi connectivity index (χ3v) is 2.92. The summed E-state index contributed by atoms with van der Waals surface area (Å²) in [6, 6.07) is 7.41. The Morgan fingerprint density at radius 1 is 1.58 bits per heavy atom.